The summed E-state index contributed by atoms with van der Waals surface area (Å²) in [6, 6.07) is 12.5. The Kier molecular flexibility index (Phi) is 9.87. The van der Waals surface area contributed by atoms with Crippen molar-refractivity contribution in [2.45, 2.75) is 76.2 Å². The number of thiol groups is 1. The van der Waals surface area contributed by atoms with E-state index in [-0.39, 0.29) is 35.7 Å². The molecule has 3 amide bonds. The van der Waals surface area contributed by atoms with Crippen LogP contribution < -0.4 is 15.6 Å². The van der Waals surface area contributed by atoms with Crippen LogP contribution in [0.3, 0.4) is 0 Å². The number of nitrogens with zero attached hydrogens (tertiary/aromatic N) is 4. The lowest BCUT2D eigenvalue weighted by Crippen LogP contribution is -2.67. The van der Waals surface area contributed by atoms with Crippen molar-refractivity contribution in [1.29, 1.82) is 0 Å². The van der Waals surface area contributed by atoms with E-state index >= 15 is 0 Å². The fourth-order valence-electron chi connectivity index (χ4n) is 7.69. The molecule has 3 aromatic rings. The highest BCUT2D eigenvalue weighted by molar-refractivity contribution is 7.81. The number of aryl methyl sites for hydroxylation is 3. The predicted molar refractivity (Wildman–Crippen MR) is 191 cm³/mol. The monoisotopic (exact) mass is 698 g/mol. The molecule has 3 saturated heterocycles. The molecule has 0 aliphatic carbocycles. The third-order valence-corrected chi connectivity index (χ3v) is 11.2. The first-order valence-electron chi connectivity index (χ1n) is 17.6. The van der Waals surface area contributed by atoms with Gasteiger partial charge in [0.05, 0.1) is 29.6 Å². The van der Waals surface area contributed by atoms with Crippen molar-refractivity contribution in [2.75, 3.05) is 39.4 Å². The van der Waals surface area contributed by atoms with E-state index in [2.05, 4.69) is 69.5 Å². The summed E-state index contributed by atoms with van der Waals surface area (Å²) < 4.78 is 12.2. The number of likely N-dealkylation sites (tertiary alicyclic amines) is 2. The Morgan fingerprint density at radius 2 is 1.80 bits per heavy atom. The first-order chi connectivity index (χ1) is 24.1. The van der Waals surface area contributed by atoms with Crippen LogP contribution in [0.15, 0.2) is 48.8 Å². The Morgan fingerprint density at radius 1 is 1.00 bits per heavy atom. The minimum absolute atomic E-state index is 0.0233. The molecule has 0 unspecified atom stereocenters. The zero-order chi connectivity index (χ0) is 34.9. The molecule has 7 rings (SSSR count). The molecule has 4 aliphatic rings. The number of pyridine rings is 2. The van der Waals surface area contributed by atoms with Crippen molar-refractivity contribution in [3.8, 4) is 16.9 Å². The summed E-state index contributed by atoms with van der Waals surface area (Å²) in [5, 5.41) is -0.850. The molecule has 12 heteroatoms. The van der Waals surface area contributed by atoms with E-state index < -0.39 is 11.2 Å². The predicted octanol–water partition coefficient (Wildman–Crippen LogP) is 3.75. The molecule has 2 N–H and O–H groups in total. The molecule has 11 nitrogen and oxygen atoms in total. The standard InChI is InChI=1S/C38H46N6O5S/c1-25-18-29(10-15-39-25)30-7-5-28-9-11-38(49-35(28)26(30)2)12-16-43(17-13-38)20-31-27(4-3-14-40-31)6-8-33(45)41-42-36(47)32(50)19-34(46)44-21-37(22-44)23-48-24-37/h3-5,7,10,14-15,18,32,50H,6,8-9,11-13,16-17,19-24H2,1-2H3,(H,41,45)(H,42,47)/t32-/m1/s1. The van der Waals surface area contributed by atoms with Crippen LogP contribution in [0.25, 0.3) is 11.1 Å². The SMILES string of the molecule is Cc1cc(-c2ccc3c(c2C)OC2(CC3)CCN(Cc3ncccc3CCC(=O)NNC(=O)[C@H](S)CC(=O)N3CC4(COC4)C3)CC2)ccn1. The highest BCUT2D eigenvalue weighted by Gasteiger charge is 2.50. The number of hydrazine groups is 1. The van der Waals surface area contributed by atoms with E-state index in [1.54, 1.807) is 11.1 Å². The van der Waals surface area contributed by atoms with Gasteiger partial charge in [-0.3, -0.25) is 40.1 Å². The summed E-state index contributed by atoms with van der Waals surface area (Å²) in [5.74, 6) is 0.101. The molecule has 0 bridgehead atoms. The van der Waals surface area contributed by atoms with Crippen molar-refractivity contribution >= 4 is 30.4 Å². The van der Waals surface area contributed by atoms with Crippen LogP contribution in [-0.2, 0) is 38.5 Å². The van der Waals surface area contributed by atoms with E-state index in [4.69, 9.17) is 9.47 Å². The van der Waals surface area contributed by atoms with Gasteiger partial charge < -0.3 is 14.4 Å². The van der Waals surface area contributed by atoms with Crippen molar-refractivity contribution in [3.05, 3.63) is 76.9 Å². The van der Waals surface area contributed by atoms with Crippen LogP contribution in [-0.4, -0.2) is 87.7 Å². The zero-order valence-corrected chi connectivity index (χ0v) is 29.8. The second-order valence-electron chi connectivity index (χ2n) is 14.6. The summed E-state index contributed by atoms with van der Waals surface area (Å²) in [6.45, 7) is 9.40. The first-order valence-corrected chi connectivity index (χ1v) is 18.1. The average molecular weight is 699 g/mol. The van der Waals surface area contributed by atoms with E-state index in [9.17, 15) is 14.4 Å². The van der Waals surface area contributed by atoms with Crippen LogP contribution in [0.4, 0.5) is 0 Å². The van der Waals surface area contributed by atoms with E-state index in [1.807, 2.05) is 25.3 Å². The van der Waals surface area contributed by atoms with Crippen molar-refractivity contribution in [3.63, 3.8) is 0 Å². The maximum Gasteiger partial charge on any atom is 0.251 e. The summed E-state index contributed by atoms with van der Waals surface area (Å²) in [6.07, 6.45) is 8.23. The van der Waals surface area contributed by atoms with E-state index in [0.717, 1.165) is 61.5 Å². The van der Waals surface area contributed by atoms with Crippen LogP contribution in [0.2, 0.25) is 0 Å². The normalized spacial score (nSPS) is 19.5. The van der Waals surface area contributed by atoms with Crippen LogP contribution >= 0.6 is 12.6 Å². The third-order valence-electron chi connectivity index (χ3n) is 10.8. The van der Waals surface area contributed by atoms with Gasteiger partial charge in [-0.25, -0.2) is 0 Å². The van der Waals surface area contributed by atoms with Crippen molar-refractivity contribution < 1.29 is 23.9 Å². The molecule has 3 fully saturated rings. The summed E-state index contributed by atoms with van der Waals surface area (Å²) in [7, 11) is 0. The van der Waals surface area contributed by atoms with Gasteiger partial charge >= 0.3 is 0 Å². The van der Waals surface area contributed by atoms with Gasteiger partial charge in [0.15, 0.2) is 0 Å². The van der Waals surface area contributed by atoms with Gasteiger partial charge in [0.1, 0.15) is 11.4 Å². The fourth-order valence-corrected chi connectivity index (χ4v) is 7.91. The number of benzene rings is 1. The summed E-state index contributed by atoms with van der Waals surface area (Å²) >= 11 is 4.30. The number of hydrogen-bond acceptors (Lipinski definition) is 9. The van der Waals surface area contributed by atoms with Gasteiger partial charge in [0.2, 0.25) is 11.8 Å². The Bertz CT molecular complexity index is 1760. The number of piperidine rings is 1. The average Bonchev–Trinajstić information content (AvgIpc) is 3.07. The second kappa shape index (κ2) is 14.3. The number of nitrogens with one attached hydrogen (secondary N) is 2. The smallest absolute Gasteiger partial charge is 0.251 e. The summed E-state index contributed by atoms with van der Waals surface area (Å²) in [5.41, 5.74) is 12.7. The van der Waals surface area contributed by atoms with Crippen molar-refractivity contribution in [1.82, 2.24) is 30.6 Å². The molecule has 2 spiro atoms. The minimum atomic E-state index is -0.850. The maximum absolute atomic E-state index is 12.7. The number of amides is 3. The fraction of sp³-hybridized carbons (Fsp3) is 0.500. The quantitative estimate of drug-likeness (QED) is 0.228. The Labute approximate surface area is 298 Å². The molecule has 2 aromatic heterocycles. The maximum atomic E-state index is 12.7. The van der Waals surface area contributed by atoms with Gasteiger partial charge in [-0.05, 0) is 92.0 Å². The molecule has 264 valence electrons. The number of ether oxygens (including phenoxy) is 2. The number of fused-ring (bicyclic) bond motifs is 1. The van der Waals surface area contributed by atoms with Gasteiger partial charge in [-0.15, -0.1) is 0 Å². The molecule has 4 aliphatic heterocycles. The van der Waals surface area contributed by atoms with Gasteiger partial charge in [0.25, 0.3) is 5.91 Å². The van der Waals surface area contributed by atoms with Crippen molar-refractivity contribution in [2.24, 2.45) is 5.41 Å². The minimum Gasteiger partial charge on any atom is -0.487 e. The molecular formula is C38H46N6O5S. The van der Waals surface area contributed by atoms with E-state index in [0.29, 0.717) is 39.3 Å². The van der Waals surface area contributed by atoms with Gasteiger partial charge in [0, 0.05) is 63.7 Å². The zero-order valence-electron chi connectivity index (χ0n) is 28.9. The summed E-state index contributed by atoms with van der Waals surface area (Å²) in [4.78, 5) is 50.9. The van der Waals surface area contributed by atoms with E-state index in [1.165, 1.54) is 22.3 Å². The number of rotatable bonds is 9. The number of carbonyl (C=O) groups excluding carboxylic acids is 3. The molecule has 1 atom stereocenters. The lowest BCUT2D eigenvalue weighted by Gasteiger charge is -2.55. The highest BCUT2D eigenvalue weighted by Crippen LogP contribution is 2.44. The topological polar surface area (TPSA) is 126 Å². The van der Waals surface area contributed by atoms with Crippen LogP contribution in [0.1, 0.15) is 60.2 Å². The van der Waals surface area contributed by atoms with Crippen LogP contribution in [0, 0.1) is 19.3 Å². The largest absolute Gasteiger partial charge is 0.487 e. The molecule has 1 aromatic carbocycles. The Balaban J connectivity index is 0.872. The molecule has 0 radical (unpaired) electrons. The molecule has 6 heterocycles. The Hall–Kier alpha value is -4.00. The lowest BCUT2D eigenvalue weighted by molar-refractivity contribution is -0.195. The molecule has 0 saturated carbocycles. The number of carbonyl (C=O) groups is 3. The number of hydrogen-bond donors (Lipinski definition) is 3. The van der Waals surface area contributed by atoms with Crippen LogP contribution in [0.5, 0.6) is 5.75 Å². The number of aromatic nitrogens is 2. The third kappa shape index (κ3) is 7.38. The molecular weight excluding hydrogens is 653 g/mol. The Morgan fingerprint density at radius 3 is 2.54 bits per heavy atom. The van der Waals surface area contributed by atoms with Gasteiger partial charge in [-0.2, -0.15) is 12.6 Å². The lowest BCUT2D eigenvalue weighted by atomic mass is 9.78. The second-order valence-corrected chi connectivity index (χ2v) is 15.2. The first kappa shape index (κ1) is 34.4. The van der Waals surface area contributed by atoms with Gasteiger partial charge in [-0.1, -0.05) is 18.2 Å². The molecule has 50 heavy (non-hydrogen) atoms. The highest BCUT2D eigenvalue weighted by atomic mass is 32.1.